The van der Waals surface area contributed by atoms with Crippen molar-refractivity contribution in [2.24, 2.45) is 17.3 Å². The molecular formula is C13H23N3O2. The van der Waals surface area contributed by atoms with Crippen molar-refractivity contribution < 1.29 is 9.59 Å². The zero-order valence-electron chi connectivity index (χ0n) is 11.5. The Kier molecular flexibility index (Phi) is 3.61. The standard InChI is InChI=1S/C13H23N3O2/c1-9-6-15-7-10(9)11(17)16-5-4-13(2,8-16)12(18)14-3/h9-10,15H,4-8H2,1-3H3,(H,14,18). The van der Waals surface area contributed by atoms with E-state index in [4.69, 9.17) is 0 Å². The summed E-state index contributed by atoms with van der Waals surface area (Å²) in [7, 11) is 1.65. The van der Waals surface area contributed by atoms with Gasteiger partial charge in [0.25, 0.3) is 0 Å². The fourth-order valence-electron chi connectivity index (χ4n) is 3.01. The van der Waals surface area contributed by atoms with Gasteiger partial charge in [-0.3, -0.25) is 9.59 Å². The van der Waals surface area contributed by atoms with E-state index >= 15 is 0 Å². The summed E-state index contributed by atoms with van der Waals surface area (Å²) in [5.74, 6) is 0.719. The molecule has 2 heterocycles. The van der Waals surface area contributed by atoms with Crippen LogP contribution in [0.25, 0.3) is 0 Å². The summed E-state index contributed by atoms with van der Waals surface area (Å²) in [4.78, 5) is 26.1. The molecule has 2 aliphatic heterocycles. The number of rotatable bonds is 2. The highest BCUT2D eigenvalue weighted by molar-refractivity contribution is 5.85. The van der Waals surface area contributed by atoms with Gasteiger partial charge in [0.1, 0.15) is 0 Å². The van der Waals surface area contributed by atoms with Crippen molar-refractivity contribution >= 4 is 11.8 Å². The molecule has 3 atom stereocenters. The second kappa shape index (κ2) is 4.88. The number of likely N-dealkylation sites (tertiary alicyclic amines) is 1. The summed E-state index contributed by atoms with van der Waals surface area (Å²) in [5.41, 5.74) is -0.417. The number of carbonyl (C=O) groups is 2. The quantitative estimate of drug-likeness (QED) is 0.718. The van der Waals surface area contributed by atoms with E-state index in [-0.39, 0.29) is 17.7 Å². The zero-order chi connectivity index (χ0) is 13.3. The molecule has 0 spiro atoms. The summed E-state index contributed by atoms with van der Waals surface area (Å²) in [6.07, 6.45) is 0.757. The Hall–Kier alpha value is -1.10. The second-order valence-corrected chi connectivity index (χ2v) is 5.89. The highest BCUT2D eigenvalue weighted by Crippen LogP contribution is 2.32. The molecule has 3 unspecified atom stereocenters. The minimum absolute atomic E-state index is 0.0374. The molecule has 2 amide bonds. The van der Waals surface area contributed by atoms with E-state index in [1.54, 1.807) is 7.05 Å². The van der Waals surface area contributed by atoms with E-state index < -0.39 is 5.41 Å². The van der Waals surface area contributed by atoms with Crippen LogP contribution in [0.15, 0.2) is 0 Å². The summed E-state index contributed by atoms with van der Waals surface area (Å²) in [6, 6.07) is 0. The maximum Gasteiger partial charge on any atom is 0.227 e. The van der Waals surface area contributed by atoms with E-state index in [0.29, 0.717) is 19.0 Å². The lowest BCUT2D eigenvalue weighted by Gasteiger charge is -2.25. The summed E-state index contributed by atoms with van der Waals surface area (Å²) >= 11 is 0. The Balaban J connectivity index is 2.00. The minimum atomic E-state index is -0.417. The van der Waals surface area contributed by atoms with Gasteiger partial charge in [-0.2, -0.15) is 0 Å². The molecule has 0 aromatic carbocycles. The largest absolute Gasteiger partial charge is 0.359 e. The third-order valence-electron chi connectivity index (χ3n) is 4.39. The molecule has 0 saturated carbocycles. The van der Waals surface area contributed by atoms with Crippen LogP contribution in [-0.2, 0) is 9.59 Å². The van der Waals surface area contributed by atoms with Crippen LogP contribution >= 0.6 is 0 Å². The zero-order valence-corrected chi connectivity index (χ0v) is 11.5. The summed E-state index contributed by atoms with van der Waals surface area (Å²) < 4.78 is 0. The third-order valence-corrected chi connectivity index (χ3v) is 4.39. The van der Waals surface area contributed by atoms with Crippen molar-refractivity contribution in [2.45, 2.75) is 20.3 Å². The Morgan fingerprint density at radius 2 is 2.11 bits per heavy atom. The van der Waals surface area contributed by atoms with Gasteiger partial charge < -0.3 is 15.5 Å². The third kappa shape index (κ3) is 2.23. The minimum Gasteiger partial charge on any atom is -0.359 e. The number of hydrogen-bond donors (Lipinski definition) is 2. The maximum absolute atomic E-state index is 12.4. The highest BCUT2D eigenvalue weighted by atomic mass is 16.2. The number of hydrogen-bond acceptors (Lipinski definition) is 3. The Morgan fingerprint density at radius 3 is 2.67 bits per heavy atom. The Bertz CT molecular complexity index is 358. The van der Waals surface area contributed by atoms with Crippen LogP contribution in [0.2, 0.25) is 0 Å². The number of nitrogens with one attached hydrogen (secondary N) is 2. The first-order valence-electron chi connectivity index (χ1n) is 6.69. The van der Waals surface area contributed by atoms with Gasteiger partial charge in [-0.1, -0.05) is 6.92 Å². The van der Waals surface area contributed by atoms with E-state index in [9.17, 15) is 9.59 Å². The normalized spacial score (nSPS) is 35.8. The Morgan fingerprint density at radius 1 is 1.39 bits per heavy atom. The van der Waals surface area contributed by atoms with Crippen LogP contribution in [-0.4, -0.2) is 49.9 Å². The number of amides is 2. The van der Waals surface area contributed by atoms with Gasteiger partial charge in [0.2, 0.25) is 11.8 Å². The fourth-order valence-corrected chi connectivity index (χ4v) is 3.01. The van der Waals surface area contributed by atoms with Crippen molar-refractivity contribution in [1.82, 2.24) is 15.5 Å². The van der Waals surface area contributed by atoms with Crippen molar-refractivity contribution in [3.05, 3.63) is 0 Å². The molecule has 0 aromatic heterocycles. The van der Waals surface area contributed by atoms with E-state index in [1.165, 1.54) is 0 Å². The number of carbonyl (C=O) groups excluding carboxylic acids is 2. The summed E-state index contributed by atoms with van der Waals surface area (Å²) in [5, 5.41) is 5.95. The van der Waals surface area contributed by atoms with Crippen molar-refractivity contribution in [3.63, 3.8) is 0 Å². The average molecular weight is 253 g/mol. The molecule has 102 valence electrons. The van der Waals surface area contributed by atoms with Crippen molar-refractivity contribution in [1.29, 1.82) is 0 Å². The SMILES string of the molecule is CNC(=O)C1(C)CCN(C(=O)C2CNCC2C)C1. The summed E-state index contributed by atoms with van der Waals surface area (Å²) in [6.45, 7) is 6.98. The monoisotopic (exact) mass is 253 g/mol. The van der Waals surface area contributed by atoms with Gasteiger partial charge in [-0.25, -0.2) is 0 Å². The molecule has 2 N–H and O–H groups in total. The van der Waals surface area contributed by atoms with Gasteiger partial charge in [-0.05, 0) is 25.8 Å². The molecule has 5 nitrogen and oxygen atoms in total. The lowest BCUT2D eigenvalue weighted by Crippen LogP contribution is -2.42. The van der Waals surface area contributed by atoms with Crippen LogP contribution in [0.4, 0.5) is 0 Å². The first-order valence-corrected chi connectivity index (χ1v) is 6.69. The van der Waals surface area contributed by atoms with Gasteiger partial charge in [0.15, 0.2) is 0 Å². The molecule has 2 fully saturated rings. The highest BCUT2D eigenvalue weighted by Gasteiger charge is 2.44. The lowest BCUT2D eigenvalue weighted by molar-refractivity contribution is -0.136. The lowest BCUT2D eigenvalue weighted by atomic mass is 9.89. The molecule has 2 saturated heterocycles. The first-order chi connectivity index (χ1) is 8.48. The van der Waals surface area contributed by atoms with E-state index in [0.717, 1.165) is 19.5 Å². The fraction of sp³-hybridized carbons (Fsp3) is 0.846. The first kappa shape index (κ1) is 13.3. The van der Waals surface area contributed by atoms with Crippen LogP contribution < -0.4 is 10.6 Å². The van der Waals surface area contributed by atoms with Crippen molar-refractivity contribution in [3.8, 4) is 0 Å². The molecule has 0 aliphatic carbocycles. The van der Waals surface area contributed by atoms with Crippen LogP contribution in [0.1, 0.15) is 20.3 Å². The van der Waals surface area contributed by atoms with E-state index in [1.807, 2.05) is 11.8 Å². The molecule has 2 aliphatic rings. The second-order valence-electron chi connectivity index (χ2n) is 5.89. The predicted molar refractivity (Wildman–Crippen MR) is 68.9 cm³/mol. The molecular weight excluding hydrogens is 230 g/mol. The Labute approximate surface area is 108 Å². The maximum atomic E-state index is 12.4. The van der Waals surface area contributed by atoms with Gasteiger partial charge in [0.05, 0.1) is 11.3 Å². The van der Waals surface area contributed by atoms with Crippen LogP contribution in [0.3, 0.4) is 0 Å². The molecule has 0 aromatic rings. The molecule has 2 rings (SSSR count). The van der Waals surface area contributed by atoms with Gasteiger partial charge in [-0.15, -0.1) is 0 Å². The number of nitrogens with zero attached hydrogens (tertiary/aromatic N) is 1. The molecule has 0 radical (unpaired) electrons. The molecule has 5 heteroatoms. The molecule has 0 bridgehead atoms. The predicted octanol–water partition coefficient (Wildman–Crippen LogP) is -0.173. The van der Waals surface area contributed by atoms with Crippen LogP contribution in [0.5, 0.6) is 0 Å². The van der Waals surface area contributed by atoms with Gasteiger partial charge in [0, 0.05) is 26.7 Å². The average Bonchev–Trinajstić information content (AvgIpc) is 2.95. The van der Waals surface area contributed by atoms with Gasteiger partial charge >= 0.3 is 0 Å². The molecule has 18 heavy (non-hydrogen) atoms. The van der Waals surface area contributed by atoms with Crippen LogP contribution in [0, 0.1) is 17.3 Å². The topological polar surface area (TPSA) is 61.4 Å². The smallest absolute Gasteiger partial charge is 0.227 e. The van der Waals surface area contributed by atoms with E-state index in [2.05, 4.69) is 17.6 Å². The van der Waals surface area contributed by atoms with Crippen molar-refractivity contribution in [2.75, 3.05) is 33.2 Å².